The van der Waals surface area contributed by atoms with Gasteiger partial charge in [-0.15, -0.1) is 11.3 Å². The average Bonchev–Trinajstić information content (AvgIpc) is 2.96. The van der Waals surface area contributed by atoms with Crippen LogP contribution in [-0.2, 0) is 0 Å². The Morgan fingerprint density at radius 3 is 3.00 bits per heavy atom. The predicted octanol–water partition coefficient (Wildman–Crippen LogP) is 3.08. The van der Waals surface area contributed by atoms with E-state index in [4.69, 9.17) is 10.2 Å². The molecule has 0 saturated heterocycles. The monoisotopic (exact) mass is 248 g/mol. The smallest absolute Gasteiger partial charge is 0.134 e. The second kappa shape index (κ2) is 3.94. The fraction of sp³-hybridized carbons (Fsp3) is 0.0833. The lowest BCUT2D eigenvalue weighted by Crippen LogP contribution is -2.08. The van der Waals surface area contributed by atoms with Gasteiger partial charge in [-0.1, -0.05) is 0 Å². The van der Waals surface area contributed by atoms with E-state index in [9.17, 15) is 4.39 Å². The van der Waals surface area contributed by atoms with E-state index >= 15 is 0 Å². The molecule has 0 aliphatic rings. The van der Waals surface area contributed by atoms with Gasteiger partial charge in [-0.3, -0.25) is 4.98 Å². The maximum Gasteiger partial charge on any atom is 0.134 e. The average molecular weight is 248 g/mol. The third-order valence-electron chi connectivity index (χ3n) is 2.56. The van der Waals surface area contributed by atoms with Crippen LogP contribution in [0.2, 0.25) is 0 Å². The number of hydrogen-bond donors (Lipinski definition) is 1. The lowest BCUT2D eigenvalue weighted by atomic mass is 10.2. The molecule has 1 unspecified atom stereocenters. The van der Waals surface area contributed by atoms with E-state index in [1.165, 1.54) is 23.5 Å². The predicted molar refractivity (Wildman–Crippen MR) is 64.3 cm³/mol. The number of benzene rings is 1. The highest BCUT2D eigenvalue weighted by Crippen LogP contribution is 2.28. The minimum Gasteiger partial charge on any atom is -0.459 e. The summed E-state index contributed by atoms with van der Waals surface area (Å²) in [7, 11) is 0. The molecule has 3 aromatic rings. The molecule has 2 aromatic heterocycles. The molecule has 2 N–H and O–H groups in total. The largest absolute Gasteiger partial charge is 0.459 e. The van der Waals surface area contributed by atoms with Gasteiger partial charge in [0.05, 0.1) is 11.6 Å². The van der Waals surface area contributed by atoms with Crippen LogP contribution in [0.4, 0.5) is 4.39 Å². The summed E-state index contributed by atoms with van der Waals surface area (Å²) in [4.78, 5) is 4.89. The van der Waals surface area contributed by atoms with Crippen LogP contribution in [-0.4, -0.2) is 4.98 Å². The highest BCUT2D eigenvalue weighted by Gasteiger charge is 2.15. The first kappa shape index (κ1) is 10.4. The molecular weight excluding hydrogens is 239 g/mol. The molecule has 0 radical (unpaired) electrons. The van der Waals surface area contributed by atoms with E-state index in [2.05, 4.69) is 4.98 Å². The molecule has 0 aliphatic carbocycles. The van der Waals surface area contributed by atoms with E-state index in [1.807, 2.05) is 0 Å². The van der Waals surface area contributed by atoms with Gasteiger partial charge in [0.25, 0.3) is 0 Å². The van der Waals surface area contributed by atoms with Gasteiger partial charge in [0.2, 0.25) is 0 Å². The number of aromatic nitrogens is 1. The van der Waals surface area contributed by atoms with E-state index in [0.29, 0.717) is 11.3 Å². The highest BCUT2D eigenvalue weighted by molar-refractivity contribution is 7.09. The normalized spacial score (nSPS) is 13.1. The fourth-order valence-corrected chi connectivity index (χ4v) is 2.34. The zero-order valence-corrected chi connectivity index (χ0v) is 9.58. The number of hydrogen-bond acceptors (Lipinski definition) is 4. The quantitative estimate of drug-likeness (QED) is 0.758. The Balaban J connectivity index is 2.06. The Morgan fingerprint density at radius 1 is 1.35 bits per heavy atom. The first-order valence-electron chi connectivity index (χ1n) is 5.07. The second-order valence-corrected chi connectivity index (χ2v) is 4.63. The highest BCUT2D eigenvalue weighted by atomic mass is 32.1. The molecule has 2 heterocycles. The molecule has 0 bridgehead atoms. The Hall–Kier alpha value is -1.72. The van der Waals surface area contributed by atoms with Crippen LogP contribution in [0.3, 0.4) is 0 Å². The molecular formula is C12H9FN2OS. The zero-order valence-electron chi connectivity index (χ0n) is 8.76. The SMILES string of the molecule is NC(c1cc2cc(F)ccc2o1)c1cncs1. The first-order chi connectivity index (χ1) is 8.24. The van der Waals surface area contributed by atoms with Gasteiger partial charge in [-0.25, -0.2) is 4.39 Å². The van der Waals surface area contributed by atoms with Crippen LogP contribution >= 0.6 is 11.3 Å². The van der Waals surface area contributed by atoms with Crippen molar-refractivity contribution in [1.82, 2.24) is 4.98 Å². The van der Waals surface area contributed by atoms with Crippen molar-refractivity contribution in [1.29, 1.82) is 0 Å². The number of furan rings is 1. The van der Waals surface area contributed by atoms with Crippen LogP contribution in [0.25, 0.3) is 11.0 Å². The molecule has 0 saturated carbocycles. The Labute approximate surface area is 101 Å². The number of nitrogens with zero attached hydrogens (tertiary/aromatic N) is 1. The molecule has 1 atom stereocenters. The number of halogens is 1. The van der Waals surface area contributed by atoms with Gasteiger partial charge in [-0.05, 0) is 24.3 Å². The fourth-order valence-electron chi connectivity index (χ4n) is 1.71. The molecule has 0 aliphatic heterocycles. The summed E-state index contributed by atoms with van der Waals surface area (Å²) in [6.07, 6.45) is 1.71. The first-order valence-corrected chi connectivity index (χ1v) is 5.95. The molecule has 0 fully saturated rings. The standard InChI is InChI=1S/C12H9FN2OS/c13-8-1-2-9-7(3-8)4-10(16-9)12(14)11-5-15-6-17-11/h1-6,12H,14H2. The van der Waals surface area contributed by atoms with Crippen molar-refractivity contribution in [3.8, 4) is 0 Å². The molecule has 0 spiro atoms. The molecule has 3 nitrogen and oxygen atoms in total. The van der Waals surface area contributed by atoms with E-state index in [-0.39, 0.29) is 11.9 Å². The van der Waals surface area contributed by atoms with Crippen LogP contribution in [0.15, 0.2) is 40.4 Å². The zero-order chi connectivity index (χ0) is 11.8. The van der Waals surface area contributed by atoms with Crippen LogP contribution < -0.4 is 5.73 Å². The molecule has 17 heavy (non-hydrogen) atoms. The molecule has 3 rings (SSSR count). The Kier molecular flexibility index (Phi) is 2.42. The second-order valence-electron chi connectivity index (χ2n) is 3.71. The molecule has 0 amide bonds. The topological polar surface area (TPSA) is 52.0 Å². The summed E-state index contributed by atoms with van der Waals surface area (Å²) in [5, 5.41) is 0.722. The van der Waals surface area contributed by atoms with E-state index < -0.39 is 0 Å². The number of thiazole rings is 1. The van der Waals surface area contributed by atoms with Gasteiger partial charge in [0.15, 0.2) is 0 Å². The van der Waals surface area contributed by atoms with Crippen LogP contribution in [0.5, 0.6) is 0 Å². The van der Waals surface area contributed by atoms with Crippen molar-refractivity contribution in [2.24, 2.45) is 5.73 Å². The summed E-state index contributed by atoms with van der Waals surface area (Å²) in [5.74, 6) is 0.339. The Bertz CT molecular complexity index is 648. The van der Waals surface area contributed by atoms with Crippen molar-refractivity contribution in [3.63, 3.8) is 0 Å². The lowest BCUT2D eigenvalue weighted by Gasteiger charge is -2.03. The van der Waals surface area contributed by atoms with Crippen molar-refractivity contribution in [3.05, 3.63) is 52.4 Å². The van der Waals surface area contributed by atoms with Crippen molar-refractivity contribution >= 4 is 22.3 Å². The summed E-state index contributed by atoms with van der Waals surface area (Å²) in [6.45, 7) is 0. The van der Waals surface area contributed by atoms with Gasteiger partial charge in [0.1, 0.15) is 17.2 Å². The van der Waals surface area contributed by atoms with Crippen molar-refractivity contribution in [2.45, 2.75) is 6.04 Å². The maximum absolute atomic E-state index is 13.0. The summed E-state index contributed by atoms with van der Waals surface area (Å²) < 4.78 is 18.6. The van der Waals surface area contributed by atoms with E-state index in [0.717, 1.165) is 10.3 Å². The molecule has 1 aromatic carbocycles. The van der Waals surface area contributed by atoms with Gasteiger partial charge >= 0.3 is 0 Å². The minimum absolute atomic E-state index is 0.281. The van der Waals surface area contributed by atoms with Gasteiger partial charge in [0, 0.05) is 16.5 Å². The molecule has 86 valence electrons. The van der Waals surface area contributed by atoms with Crippen molar-refractivity contribution in [2.75, 3.05) is 0 Å². The number of rotatable bonds is 2. The summed E-state index contributed by atoms with van der Waals surface area (Å²) >= 11 is 1.47. The van der Waals surface area contributed by atoms with E-state index in [1.54, 1.807) is 23.8 Å². The maximum atomic E-state index is 13.0. The minimum atomic E-state index is -0.349. The van der Waals surface area contributed by atoms with Crippen LogP contribution in [0, 0.1) is 5.82 Å². The summed E-state index contributed by atoms with van der Waals surface area (Å²) in [6, 6.07) is 5.82. The lowest BCUT2D eigenvalue weighted by molar-refractivity contribution is 0.527. The van der Waals surface area contributed by atoms with Crippen LogP contribution in [0.1, 0.15) is 16.7 Å². The number of nitrogens with two attached hydrogens (primary N) is 1. The third kappa shape index (κ3) is 1.83. The number of fused-ring (bicyclic) bond motifs is 1. The van der Waals surface area contributed by atoms with Gasteiger partial charge < -0.3 is 10.2 Å². The third-order valence-corrected chi connectivity index (χ3v) is 3.42. The van der Waals surface area contributed by atoms with Gasteiger partial charge in [-0.2, -0.15) is 0 Å². The van der Waals surface area contributed by atoms with Crippen molar-refractivity contribution < 1.29 is 8.81 Å². The Morgan fingerprint density at radius 2 is 2.24 bits per heavy atom. The summed E-state index contributed by atoms with van der Waals surface area (Å²) in [5.41, 5.74) is 8.41. The molecule has 5 heteroatoms.